The molecule has 3 nitrogen and oxygen atoms in total. The molecule has 0 saturated carbocycles. The average Bonchev–Trinajstić information content (AvgIpc) is 2.74. The Bertz CT molecular complexity index is 514. The summed E-state index contributed by atoms with van der Waals surface area (Å²) >= 11 is 5.88. The molecule has 0 bridgehead atoms. The highest BCUT2D eigenvalue weighted by atomic mass is 35.5. The lowest BCUT2D eigenvalue weighted by molar-refractivity contribution is 0.423. The monoisotopic (exact) mass is 261 g/mol. The van der Waals surface area contributed by atoms with Crippen LogP contribution in [0.1, 0.15) is 17.2 Å². The average molecular weight is 262 g/mol. The van der Waals surface area contributed by atoms with Crippen LogP contribution in [0, 0.1) is 0 Å². The van der Waals surface area contributed by atoms with E-state index in [-0.39, 0.29) is 0 Å². The van der Waals surface area contributed by atoms with Gasteiger partial charge in [0.2, 0.25) is 0 Å². The molecule has 4 heteroatoms. The molecule has 1 fully saturated rings. The van der Waals surface area contributed by atoms with E-state index < -0.39 is 0 Å². The number of nitrogens with zero attached hydrogens (tertiary/aromatic N) is 2. The van der Waals surface area contributed by atoms with Gasteiger partial charge in [0.15, 0.2) is 0 Å². The smallest absolute Gasteiger partial charge is 0.0948 e. The Balaban J connectivity index is 1.66. The molecule has 1 N–H and O–H groups in total. The van der Waals surface area contributed by atoms with Crippen LogP contribution < -0.4 is 5.32 Å². The van der Waals surface area contributed by atoms with Gasteiger partial charge in [-0.1, -0.05) is 23.7 Å². The predicted octanol–water partition coefficient (Wildman–Crippen LogP) is 2.47. The number of aromatic nitrogens is 2. The summed E-state index contributed by atoms with van der Waals surface area (Å²) in [5.74, 6) is 0.637. The Labute approximate surface area is 112 Å². The van der Waals surface area contributed by atoms with Gasteiger partial charge in [0, 0.05) is 42.5 Å². The van der Waals surface area contributed by atoms with Crippen LogP contribution in [0.15, 0.2) is 36.8 Å². The number of rotatable bonds is 4. The van der Waals surface area contributed by atoms with Crippen molar-refractivity contribution in [3.05, 3.63) is 53.1 Å². The fourth-order valence-corrected chi connectivity index (χ4v) is 2.38. The van der Waals surface area contributed by atoms with Crippen LogP contribution >= 0.6 is 11.6 Å². The van der Waals surface area contributed by atoms with E-state index in [2.05, 4.69) is 27.0 Å². The zero-order valence-electron chi connectivity index (χ0n) is 10.1. The Morgan fingerprint density at radius 1 is 1.28 bits per heavy atom. The second-order valence-electron chi connectivity index (χ2n) is 4.74. The van der Waals surface area contributed by atoms with Crippen LogP contribution in [-0.2, 0) is 13.0 Å². The lowest BCUT2D eigenvalue weighted by Gasteiger charge is -2.27. The summed E-state index contributed by atoms with van der Waals surface area (Å²) in [6, 6.07) is 8.07. The summed E-state index contributed by atoms with van der Waals surface area (Å²) in [6.07, 6.45) is 4.94. The van der Waals surface area contributed by atoms with Crippen molar-refractivity contribution in [3.63, 3.8) is 0 Å². The minimum absolute atomic E-state index is 0.637. The maximum absolute atomic E-state index is 5.88. The quantitative estimate of drug-likeness (QED) is 0.916. The van der Waals surface area contributed by atoms with E-state index in [1.54, 1.807) is 0 Å². The second-order valence-corrected chi connectivity index (χ2v) is 5.18. The summed E-state index contributed by atoms with van der Waals surface area (Å²) < 4.78 is 2.26. The van der Waals surface area contributed by atoms with Crippen molar-refractivity contribution in [1.29, 1.82) is 0 Å². The van der Waals surface area contributed by atoms with Crippen LogP contribution in [0.3, 0.4) is 0 Å². The molecule has 2 heterocycles. The summed E-state index contributed by atoms with van der Waals surface area (Å²) in [5.41, 5.74) is 2.66. The van der Waals surface area contributed by atoms with E-state index in [0.29, 0.717) is 5.92 Å². The first-order valence-corrected chi connectivity index (χ1v) is 6.66. The molecule has 0 spiro atoms. The van der Waals surface area contributed by atoms with Gasteiger partial charge >= 0.3 is 0 Å². The molecule has 1 aliphatic rings. The number of hydrogen-bond donors (Lipinski definition) is 1. The van der Waals surface area contributed by atoms with Crippen molar-refractivity contribution in [2.24, 2.45) is 0 Å². The van der Waals surface area contributed by atoms with Crippen LogP contribution in [-0.4, -0.2) is 22.6 Å². The van der Waals surface area contributed by atoms with E-state index in [1.165, 1.54) is 11.3 Å². The van der Waals surface area contributed by atoms with Crippen LogP contribution in [0.5, 0.6) is 0 Å². The normalized spacial score (nSPS) is 15.6. The zero-order valence-corrected chi connectivity index (χ0v) is 10.9. The van der Waals surface area contributed by atoms with Crippen molar-refractivity contribution in [1.82, 2.24) is 14.9 Å². The standard InChI is InChI=1S/C14H16ClN3/c15-13-3-1-11(2-4-13)5-6-18-10-17-9-14(18)12-7-16-8-12/h1-4,9-10,12,16H,5-8H2. The first-order chi connectivity index (χ1) is 8.83. The SMILES string of the molecule is Clc1ccc(CCn2cncc2C2CNC2)cc1. The maximum atomic E-state index is 5.88. The molecular formula is C14H16ClN3. The van der Waals surface area contributed by atoms with E-state index in [9.17, 15) is 0 Å². The van der Waals surface area contributed by atoms with Gasteiger partial charge in [0.1, 0.15) is 0 Å². The van der Waals surface area contributed by atoms with Crippen LogP contribution in [0.25, 0.3) is 0 Å². The molecule has 3 rings (SSSR count). The first-order valence-electron chi connectivity index (χ1n) is 6.28. The van der Waals surface area contributed by atoms with Crippen molar-refractivity contribution >= 4 is 11.6 Å². The minimum atomic E-state index is 0.637. The summed E-state index contributed by atoms with van der Waals surface area (Å²) in [5, 5.41) is 4.10. The van der Waals surface area contributed by atoms with Gasteiger partial charge in [0.25, 0.3) is 0 Å². The highest BCUT2D eigenvalue weighted by molar-refractivity contribution is 6.30. The van der Waals surface area contributed by atoms with Gasteiger partial charge in [-0.2, -0.15) is 0 Å². The highest BCUT2D eigenvalue weighted by Gasteiger charge is 2.21. The molecular weight excluding hydrogens is 246 g/mol. The number of benzene rings is 1. The number of hydrogen-bond acceptors (Lipinski definition) is 2. The van der Waals surface area contributed by atoms with E-state index in [1.807, 2.05) is 24.7 Å². The molecule has 2 aromatic rings. The predicted molar refractivity (Wildman–Crippen MR) is 73.0 cm³/mol. The zero-order chi connectivity index (χ0) is 12.4. The highest BCUT2D eigenvalue weighted by Crippen LogP contribution is 2.19. The molecule has 18 heavy (non-hydrogen) atoms. The first kappa shape index (κ1) is 11.8. The van der Waals surface area contributed by atoms with Gasteiger partial charge in [-0.05, 0) is 24.1 Å². The lowest BCUT2D eigenvalue weighted by Crippen LogP contribution is -2.40. The Kier molecular flexibility index (Phi) is 3.35. The fourth-order valence-electron chi connectivity index (χ4n) is 2.26. The van der Waals surface area contributed by atoms with E-state index in [4.69, 9.17) is 11.6 Å². The molecule has 1 aliphatic heterocycles. The third-order valence-electron chi connectivity index (χ3n) is 3.50. The van der Waals surface area contributed by atoms with Crippen molar-refractivity contribution in [2.75, 3.05) is 13.1 Å². The van der Waals surface area contributed by atoms with Gasteiger partial charge in [-0.3, -0.25) is 0 Å². The van der Waals surface area contributed by atoms with Gasteiger partial charge in [-0.25, -0.2) is 4.98 Å². The van der Waals surface area contributed by atoms with Gasteiger partial charge in [0.05, 0.1) is 6.33 Å². The summed E-state index contributed by atoms with van der Waals surface area (Å²) in [4.78, 5) is 4.27. The third kappa shape index (κ3) is 2.42. The van der Waals surface area contributed by atoms with Gasteiger partial charge < -0.3 is 9.88 Å². The third-order valence-corrected chi connectivity index (χ3v) is 3.75. The number of imidazole rings is 1. The minimum Gasteiger partial charge on any atom is -0.334 e. The molecule has 1 aromatic heterocycles. The van der Waals surface area contributed by atoms with Crippen molar-refractivity contribution in [3.8, 4) is 0 Å². The maximum Gasteiger partial charge on any atom is 0.0948 e. The molecule has 1 saturated heterocycles. The Morgan fingerprint density at radius 2 is 2.06 bits per heavy atom. The van der Waals surface area contributed by atoms with Crippen LogP contribution in [0.2, 0.25) is 5.02 Å². The van der Waals surface area contributed by atoms with Crippen molar-refractivity contribution in [2.45, 2.75) is 18.9 Å². The lowest BCUT2D eigenvalue weighted by atomic mass is 10.00. The largest absolute Gasteiger partial charge is 0.334 e. The van der Waals surface area contributed by atoms with Crippen molar-refractivity contribution < 1.29 is 0 Å². The second kappa shape index (κ2) is 5.12. The topological polar surface area (TPSA) is 29.9 Å². The Morgan fingerprint density at radius 3 is 2.72 bits per heavy atom. The van der Waals surface area contributed by atoms with E-state index >= 15 is 0 Å². The fraction of sp³-hybridized carbons (Fsp3) is 0.357. The number of nitrogens with one attached hydrogen (secondary N) is 1. The number of halogens is 1. The number of aryl methyl sites for hydroxylation is 2. The molecule has 94 valence electrons. The molecule has 0 radical (unpaired) electrons. The van der Waals surface area contributed by atoms with E-state index in [0.717, 1.165) is 31.1 Å². The molecule has 0 aliphatic carbocycles. The molecule has 0 amide bonds. The molecule has 1 aromatic carbocycles. The van der Waals surface area contributed by atoms with Crippen LogP contribution in [0.4, 0.5) is 0 Å². The van der Waals surface area contributed by atoms with Gasteiger partial charge in [-0.15, -0.1) is 0 Å². The summed E-state index contributed by atoms with van der Waals surface area (Å²) in [7, 11) is 0. The Hall–Kier alpha value is -1.32. The summed E-state index contributed by atoms with van der Waals surface area (Å²) in [6.45, 7) is 3.13. The molecule has 0 unspecified atom stereocenters. The molecule has 0 atom stereocenters.